The molecule has 0 spiro atoms. The average Bonchev–Trinajstić information content (AvgIpc) is 2.85. The zero-order valence-corrected chi connectivity index (χ0v) is 12.0. The summed E-state index contributed by atoms with van der Waals surface area (Å²) in [5.74, 6) is -1.50. The molecule has 0 aliphatic rings. The van der Waals surface area contributed by atoms with Crippen molar-refractivity contribution in [1.29, 1.82) is 0 Å². The Morgan fingerprint density at radius 1 is 1.48 bits per heavy atom. The van der Waals surface area contributed by atoms with Crippen LogP contribution in [-0.4, -0.2) is 37.6 Å². The van der Waals surface area contributed by atoms with Crippen molar-refractivity contribution in [3.05, 3.63) is 29.7 Å². The van der Waals surface area contributed by atoms with E-state index in [1.807, 2.05) is 13.8 Å². The molecule has 7 nitrogen and oxygen atoms in total. The number of unbranched alkanes of at least 4 members (excludes halogenated alkanes) is 1. The first-order valence-corrected chi connectivity index (χ1v) is 6.87. The minimum Gasteiger partial charge on any atom is -0.480 e. The summed E-state index contributed by atoms with van der Waals surface area (Å²) in [6.45, 7) is 3.79. The molecule has 2 N–H and O–H groups in total. The van der Waals surface area contributed by atoms with Crippen LogP contribution in [-0.2, 0) is 4.79 Å². The fourth-order valence-corrected chi connectivity index (χ4v) is 2.02. The van der Waals surface area contributed by atoms with Crippen LogP contribution in [0.1, 0.15) is 42.2 Å². The zero-order valence-electron chi connectivity index (χ0n) is 12.0. The molecule has 0 aromatic carbocycles. The van der Waals surface area contributed by atoms with E-state index >= 15 is 0 Å². The van der Waals surface area contributed by atoms with Gasteiger partial charge in [0.2, 0.25) is 0 Å². The van der Waals surface area contributed by atoms with Gasteiger partial charge in [0.15, 0.2) is 5.65 Å². The van der Waals surface area contributed by atoms with Crippen LogP contribution in [0.5, 0.6) is 0 Å². The van der Waals surface area contributed by atoms with Gasteiger partial charge in [-0.05, 0) is 19.4 Å². The van der Waals surface area contributed by atoms with Crippen molar-refractivity contribution < 1.29 is 14.7 Å². The van der Waals surface area contributed by atoms with E-state index in [1.165, 1.54) is 10.7 Å². The highest BCUT2D eigenvalue weighted by Gasteiger charge is 2.22. The molecule has 2 heterocycles. The minimum absolute atomic E-state index is 0.279. The fourth-order valence-electron chi connectivity index (χ4n) is 2.02. The Hall–Kier alpha value is -2.44. The van der Waals surface area contributed by atoms with E-state index in [0.717, 1.165) is 18.5 Å². The summed E-state index contributed by atoms with van der Waals surface area (Å²) in [6.07, 6.45) is 5.12. The molecule has 1 amide bonds. The lowest BCUT2D eigenvalue weighted by molar-refractivity contribution is -0.139. The largest absolute Gasteiger partial charge is 0.480 e. The maximum Gasteiger partial charge on any atom is 0.326 e. The molecule has 1 atom stereocenters. The standard InChI is InChI=1S/C14H18N4O3/c1-3-4-5-11(14(20)21)17-13(19)10-8-15-18-7-6-9(2)16-12(10)18/h6-8,11H,3-5H2,1-2H3,(H,17,19)(H,20,21)/t11-/m0/s1. The van der Waals surface area contributed by atoms with Gasteiger partial charge in [0.25, 0.3) is 5.91 Å². The van der Waals surface area contributed by atoms with Gasteiger partial charge in [-0.2, -0.15) is 5.10 Å². The summed E-state index contributed by atoms with van der Waals surface area (Å²) < 4.78 is 1.49. The molecule has 0 aliphatic heterocycles. The Kier molecular flexibility index (Phi) is 4.52. The van der Waals surface area contributed by atoms with Crippen molar-refractivity contribution in [2.24, 2.45) is 0 Å². The van der Waals surface area contributed by atoms with Crippen LogP contribution in [0.3, 0.4) is 0 Å². The number of aromatic nitrogens is 3. The SMILES string of the molecule is CCCC[C@H](NC(=O)c1cnn2ccc(C)nc12)C(=O)O. The number of hydrogen-bond donors (Lipinski definition) is 2. The third-order valence-electron chi connectivity index (χ3n) is 3.20. The second kappa shape index (κ2) is 6.34. The van der Waals surface area contributed by atoms with Crippen LogP contribution in [0.15, 0.2) is 18.5 Å². The number of amides is 1. The summed E-state index contributed by atoms with van der Waals surface area (Å²) in [4.78, 5) is 27.7. The topological polar surface area (TPSA) is 96.6 Å². The number of hydrogen-bond acceptors (Lipinski definition) is 4. The van der Waals surface area contributed by atoms with Crippen LogP contribution in [0.2, 0.25) is 0 Å². The van der Waals surface area contributed by atoms with Crippen molar-refractivity contribution in [1.82, 2.24) is 19.9 Å². The first-order valence-electron chi connectivity index (χ1n) is 6.87. The zero-order chi connectivity index (χ0) is 15.4. The second-order valence-electron chi connectivity index (χ2n) is 4.90. The number of carboxylic acids is 1. The van der Waals surface area contributed by atoms with Crippen LogP contribution in [0.4, 0.5) is 0 Å². The fraction of sp³-hybridized carbons (Fsp3) is 0.429. The van der Waals surface area contributed by atoms with Gasteiger partial charge in [0.1, 0.15) is 11.6 Å². The molecule has 0 unspecified atom stereocenters. The molecule has 2 aromatic rings. The Labute approximate surface area is 122 Å². The maximum atomic E-state index is 12.2. The predicted molar refractivity (Wildman–Crippen MR) is 76.1 cm³/mol. The molecule has 0 aliphatic carbocycles. The highest BCUT2D eigenvalue weighted by molar-refractivity contribution is 6.01. The van der Waals surface area contributed by atoms with Crippen LogP contribution < -0.4 is 5.32 Å². The monoisotopic (exact) mass is 290 g/mol. The summed E-state index contributed by atoms with van der Waals surface area (Å²) in [5, 5.41) is 15.7. The Morgan fingerprint density at radius 2 is 2.24 bits per heavy atom. The number of carbonyl (C=O) groups is 2. The van der Waals surface area contributed by atoms with Crippen molar-refractivity contribution in [2.75, 3.05) is 0 Å². The predicted octanol–water partition coefficient (Wildman–Crippen LogP) is 1.41. The van der Waals surface area contributed by atoms with E-state index in [0.29, 0.717) is 12.1 Å². The molecule has 7 heteroatoms. The molecule has 0 fully saturated rings. The Morgan fingerprint density at radius 3 is 2.90 bits per heavy atom. The lowest BCUT2D eigenvalue weighted by atomic mass is 10.1. The number of nitrogens with zero attached hydrogens (tertiary/aromatic N) is 3. The average molecular weight is 290 g/mol. The van der Waals surface area contributed by atoms with E-state index in [2.05, 4.69) is 15.4 Å². The summed E-state index contributed by atoms with van der Waals surface area (Å²) in [6, 6.07) is 0.889. The Bertz CT molecular complexity index is 665. The molecule has 112 valence electrons. The van der Waals surface area contributed by atoms with Gasteiger partial charge in [-0.25, -0.2) is 14.3 Å². The number of aryl methyl sites for hydroxylation is 1. The molecule has 21 heavy (non-hydrogen) atoms. The molecule has 2 rings (SSSR count). The number of aliphatic carboxylic acids is 1. The normalized spacial score (nSPS) is 12.3. The first kappa shape index (κ1) is 15.0. The minimum atomic E-state index is -1.03. The number of rotatable bonds is 6. The number of nitrogens with one attached hydrogen (secondary N) is 1. The molecular formula is C14H18N4O3. The molecule has 0 bridgehead atoms. The van der Waals surface area contributed by atoms with E-state index in [4.69, 9.17) is 5.11 Å². The van der Waals surface area contributed by atoms with Crippen LogP contribution in [0.25, 0.3) is 5.65 Å². The van der Waals surface area contributed by atoms with Gasteiger partial charge in [-0.1, -0.05) is 19.8 Å². The molecular weight excluding hydrogens is 272 g/mol. The van der Waals surface area contributed by atoms with Gasteiger partial charge in [0, 0.05) is 11.9 Å². The third kappa shape index (κ3) is 3.36. The van der Waals surface area contributed by atoms with Crippen molar-refractivity contribution >= 4 is 17.5 Å². The Balaban J connectivity index is 2.21. The van der Waals surface area contributed by atoms with Crippen LogP contribution in [0, 0.1) is 6.92 Å². The molecule has 0 saturated carbocycles. The number of carboxylic acid groups (broad SMARTS) is 1. The van der Waals surface area contributed by atoms with Gasteiger partial charge < -0.3 is 10.4 Å². The number of fused-ring (bicyclic) bond motifs is 1. The van der Waals surface area contributed by atoms with E-state index < -0.39 is 17.9 Å². The molecule has 0 saturated heterocycles. The smallest absolute Gasteiger partial charge is 0.326 e. The summed E-state index contributed by atoms with van der Waals surface area (Å²) in [7, 11) is 0. The summed E-state index contributed by atoms with van der Waals surface area (Å²) in [5.41, 5.74) is 1.46. The van der Waals surface area contributed by atoms with Gasteiger partial charge in [0.05, 0.1) is 6.20 Å². The van der Waals surface area contributed by atoms with Crippen LogP contribution >= 0.6 is 0 Å². The third-order valence-corrected chi connectivity index (χ3v) is 3.20. The van der Waals surface area contributed by atoms with Crippen molar-refractivity contribution in [3.8, 4) is 0 Å². The summed E-state index contributed by atoms with van der Waals surface area (Å²) >= 11 is 0. The van der Waals surface area contributed by atoms with Crippen molar-refractivity contribution in [3.63, 3.8) is 0 Å². The number of carbonyl (C=O) groups excluding carboxylic acids is 1. The molecule has 2 aromatic heterocycles. The van der Waals surface area contributed by atoms with E-state index in [-0.39, 0.29) is 5.56 Å². The highest BCUT2D eigenvalue weighted by Crippen LogP contribution is 2.10. The van der Waals surface area contributed by atoms with E-state index in [9.17, 15) is 9.59 Å². The van der Waals surface area contributed by atoms with Gasteiger partial charge in [-0.3, -0.25) is 4.79 Å². The lowest BCUT2D eigenvalue weighted by Gasteiger charge is -2.13. The quantitative estimate of drug-likeness (QED) is 0.838. The first-order chi connectivity index (χ1) is 10.0. The second-order valence-corrected chi connectivity index (χ2v) is 4.90. The maximum absolute atomic E-state index is 12.2. The molecule has 0 radical (unpaired) electrons. The van der Waals surface area contributed by atoms with Crippen molar-refractivity contribution in [2.45, 2.75) is 39.2 Å². The van der Waals surface area contributed by atoms with Gasteiger partial charge >= 0.3 is 5.97 Å². The lowest BCUT2D eigenvalue weighted by Crippen LogP contribution is -2.40. The van der Waals surface area contributed by atoms with Gasteiger partial charge in [-0.15, -0.1) is 0 Å². The van der Waals surface area contributed by atoms with E-state index in [1.54, 1.807) is 12.3 Å². The highest BCUT2D eigenvalue weighted by atomic mass is 16.4.